The highest BCUT2D eigenvalue weighted by atomic mass is 16.3. The predicted octanol–water partition coefficient (Wildman–Crippen LogP) is 0.477. The summed E-state index contributed by atoms with van der Waals surface area (Å²) in [5, 5.41) is 21.4. The maximum Gasteiger partial charge on any atom is 0.121 e. The van der Waals surface area contributed by atoms with E-state index in [1.54, 1.807) is 0 Å². The van der Waals surface area contributed by atoms with E-state index in [-0.39, 0.29) is 12.1 Å². The fourth-order valence-corrected chi connectivity index (χ4v) is 2.70. The van der Waals surface area contributed by atoms with Crippen LogP contribution in [0.5, 0.6) is 0 Å². The molecule has 2 fully saturated rings. The van der Waals surface area contributed by atoms with Crippen molar-refractivity contribution in [1.82, 2.24) is 10.2 Å². The number of hydrogen-bond donors (Lipinski definition) is 2. The second kappa shape index (κ2) is 4.70. The van der Waals surface area contributed by atoms with Crippen molar-refractivity contribution in [3.05, 3.63) is 0 Å². The van der Waals surface area contributed by atoms with Crippen LogP contribution in [0.2, 0.25) is 0 Å². The molecule has 4 nitrogen and oxygen atoms in total. The highest BCUT2D eigenvalue weighted by Gasteiger charge is 2.46. The van der Waals surface area contributed by atoms with E-state index in [9.17, 15) is 5.26 Å². The van der Waals surface area contributed by atoms with Crippen LogP contribution in [0, 0.1) is 11.3 Å². The Balaban J connectivity index is 1.92. The molecule has 0 spiro atoms. The average molecular weight is 223 g/mol. The van der Waals surface area contributed by atoms with Gasteiger partial charge in [-0.25, -0.2) is 0 Å². The van der Waals surface area contributed by atoms with E-state index in [0.29, 0.717) is 6.04 Å². The molecular formula is C12H21N3O. The van der Waals surface area contributed by atoms with E-state index in [0.717, 1.165) is 32.0 Å². The first-order chi connectivity index (χ1) is 7.71. The number of aliphatic hydroxyl groups excluding tert-OH is 1. The topological polar surface area (TPSA) is 59.3 Å². The van der Waals surface area contributed by atoms with E-state index in [1.165, 1.54) is 12.8 Å². The molecule has 1 heterocycles. The number of nitriles is 1. The summed E-state index contributed by atoms with van der Waals surface area (Å²) in [4.78, 5) is 2.47. The van der Waals surface area contributed by atoms with Crippen molar-refractivity contribution < 1.29 is 5.11 Å². The van der Waals surface area contributed by atoms with Crippen LogP contribution in [0.1, 0.15) is 32.6 Å². The third-order valence-corrected chi connectivity index (χ3v) is 3.69. The van der Waals surface area contributed by atoms with Gasteiger partial charge < -0.3 is 5.11 Å². The Bertz CT molecular complexity index is 284. The van der Waals surface area contributed by atoms with E-state index in [1.807, 2.05) is 0 Å². The van der Waals surface area contributed by atoms with E-state index >= 15 is 0 Å². The lowest BCUT2D eigenvalue weighted by Crippen LogP contribution is -2.47. The van der Waals surface area contributed by atoms with Gasteiger partial charge in [-0.15, -0.1) is 0 Å². The van der Waals surface area contributed by atoms with Crippen molar-refractivity contribution >= 4 is 0 Å². The van der Waals surface area contributed by atoms with Crippen molar-refractivity contribution in [1.29, 1.82) is 5.26 Å². The molecule has 4 heteroatoms. The van der Waals surface area contributed by atoms with Crippen molar-refractivity contribution in [3.63, 3.8) is 0 Å². The molecule has 2 N–H and O–H groups in total. The molecule has 1 saturated carbocycles. The molecule has 0 bridgehead atoms. The van der Waals surface area contributed by atoms with Gasteiger partial charge in [-0.3, -0.25) is 10.2 Å². The van der Waals surface area contributed by atoms with Gasteiger partial charge in [0.1, 0.15) is 5.54 Å². The summed E-state index contributed by atoms with van der Waals surface area (Å²) >= 11 is 0. The molecule has 2 atom stereocenters. The maximum atomic E-state index is 9.35. The summed E-state index contributed by atoms with van der Waals surface area (Å²) < 4.78 is 0. The second-order valence-corrected chi connectivity index (χ2v) is 5.15. The number of aliphatic hydroxyl groups is 1. The van der Waals surface area contributed by atoms with Crippen molar-refractivity contribution in [2.45, 2.75) is 50.2 Å². The minimum Gasteiger partial charge on any atom is -0.396 e. The Kier molecular flexibility index (Phi) is 3.48. The van der Waals surface area contributed by atoms with Crippen LogP contribution < -0.4 is 5.32 Å². The molecule has 2 rings (SSSR count). The smallest absolute Gasteiger partial charge is 0.121 e. The Morgan fingerprint density at radius 2 is 2.31 bits per heavy atom. The fraction of sp³-hybridized carbons (Fsp3) is 0.917. The first-order valence-corrected chi connectivity index (χ1v) is 6.24. The summed E-state index contributed by atoms with van der Waals surface area (Å²) in [6.45, 7) is 3.98. The number of nitrogens with one attached hydrogen (secondary N) is 1. The molecule has 0 radical (unpaired) electrons. The Hall–Kier alpha value is -0.630. The number of likely N-dealkylation sites (tertiary alicyclic amines) is 1. The highest BCUT2D eigenvalue weighted by molar-refractivity contribution is 5.16. The van der Waals surface area contributed by atoms with Gasteiger partial charge in [0.05, 0.1) is 6.07 Å². The molecule has 0 aromatic heterocycles. The molecule has 1 saturated heterocycles. The lowest BCUT2D eigenvalue weighted by Gasteiger charge is -2.23. The summed E-state index contributed by atoms with van der Waals surface area (Å²) in [6.07, 6.45) is 4.22. The van der Waals surface area contributed by atoms with Gasteiger partial charge in [0.25, 0.3) is 0 Å². The van der Waals surface area contributed by atoms with Gasteiger partial charge in [0.15, 0.2) is 0 Å². The maximum absolute atomic E-state index is 9.35. The highest BCUT2D eigenvalue weighted by Crippen LogP contribution is 2.36. The lowest BCUT2D eigenvalue weighted by atomic mass is 9.98. The van der Waals surface area contributed by atoms with Crippen LogP contribution in [-0.2, 0) is 0 Å². The molecule has 0 aromatic carbocycles. The first kappa shape index (κ1) is 11.8. The monoisotopic (exact) mass is 223 g/mol. The normalized spacial score (nSPS) is 35.2. The van der Waals surface area contributed by atoms with Gasteiger partial charge in [-0.05, 0) is 39.2 Å². The first-order valence-electron chi connectivity index (χ1n) is 6.24. The van der Waals surface area contributed by atoms with Gasteiger partial charge in [-0.2, -0.15) is 5.26 Å². The van der Waals surface area contributed by atoms with Crippen LogP contribution in [0.25, 0.3) is 0 Å². The average Bonchev–Trinajstić information content (AvgIpc) is 3.05. The van der Waals surface area contributed by atoms with E-state index in [4.69, 9.17) is 5.11 Å². The molecular weight excluding hydrogens is 202 g/mol. The van der Waals surface area contributed by atoms with Crippen LogP contribution in [-0.4, -0.2) is 47.3 Å². The largest absolute Gasteiger partial charge is 0.396 e. The summed E-state index contributed by atoms with van der Waals surface area (Å²) in [6, 6.07) is 3.68. The summed E-state index contributed by atoms with van der Waals surface area (Å²) in [5.41, 5.74) is -0.378. The lowest BCUT2D eigenvalue weighted by molar-refractivity contribution is 0.247. The Labute approximate surface area is 97.2 Å². The molecule has 2 unspecified atom stereocenters. The predicted molar refractivity (Wildman–Crippen MR) is 61.9 cm³/mol. The Morgan fingerprint density at radius 1 is 1.56 bits per heavy atom. The number of nitrogens with zero attached hydrogens (tertiary/aromatic N) is 2. The standard InChI is InChI=1S/C12H21N3O/c1-10-7-12(8-13,14-5-2-6-16)9-15(10)11-3-4-11/h10-11,14,16H,2-7,9H2,1H3. The van der Waals surface area contributed by atoms with Gasteiger partial charge in [0.2, 0.25) is 0 Å². The van der Waals surface area contributed by atoms with Crippen molar-refractivity contribution in [2.24, 2.45) is 0 Å². The molecule has 1 aliphatic carbocycles. The zero-order chi connectivity index (χ0) is 11.6. The third-order valence-electron chi connectivity index (χ3n) is 3.69. The van der Waals surface area contributed by atoms with Crippen LogP contribution in [0.15, 0.2) is 0 Å². The number of rotatable bonds is 5. The molecule has 2 aliphatic rings. The van der Waals surface area contributed by atoms with Crippen LogP contribution in [0.4, 0.5) is 0 Å². The third kappa shape index (κ3) is 2.37. The Morgan fingerprint density at radius 3 is 2.88 bits per heavy atom. The zero-order valence-electron chi connectivity index (χ0n) is 9.95. The molecule has 0 amide bonds. The van der Waals surface area contributed by atoms with Crippen molar-refractivity contribution in [3.8, 4) is 6.07 Å². The van der Waals surface area contributed by atoms with Crippen LogP contribution in [0.3, 0.4) is 0 Å². The molecule has 16 heavy (non-hydrogen) atoms. The molecule has 1 aliphatic heterocycles. The van der Waals surface area contributed by atoms with Gasteiger partial charge in [0, 0.05) is 25.2 Å². The second-order valence-electron chi connectivity index (χ2n) is 5.15. The summed E-state index contributed by atoms with van der Waals surface area (Å²) in [5.74, 6) is 0. The fourth-order valence-electron chi connectivity index (χ4n) is 2.70. The van der Waals surface area contributed by atoms with Crippen molar-refractivity contribution in [2.75, 3.05) is 19.7 Å². The minimum atomic E-state index is -0.378. The summed E-state index contributed by atoms with van der Waals surface area (Å²) in [7, 11) is 0. The quantitative estimate of drug-likeness (QED) is 0.665. The number of hydrogen-bond acceptors (Lipinski definition) is 4. The van der Waals surface area contributed by atoms with E-state index in [2.05, 4.69) is 23.2 Å². The van der Waals surface area contributed by atoms with Crippen LogP contribution >= 0.6 is 0 Å². The minimum absolute atomic E-state index is 0.191. The SMILES string of the molecule is CC1CC(C#N)(NCCCO)CN1C1CC1. The molecule has 90 valence electrons. The van der Waals surface area contributed by atoms with Gasteiger partial charge >= 0.3 is 0 Å². The molecule has 0 aromatic rings. The zero-order valence-corrected chi connectivity index (χ0v) is 9.95. The van der Waals surface area contributed by atoms with E-state index < -0.39 is 0 Å². The van der Waals surface area contributed by atoms with Gasteiger partial charge in [-0.1, -0.05) is 0 Å².